The Kier molecular flexibility index (Phi) is 6.30. The van der Waals surface area contributed by atoms with E-state index in [1.165, 1.54) is 0 Å². The van der Waals surface area contributed by atoms with E-state index in [9.17, 15) is 0 Å². The maximum absolute atomic E-state index is 6.02. The number of amidine groups is 1. The molecular weight excluding hydrogens is 334 g/mol. The number of terminal acetylenes is 1. The molecule has 0 spiro atoms. The van der Waals surface area contributed by atoms with Gasteiger partial charge in [0.05, 0.1) is 0 Å². The topological polar surface area (TPSA) is 45.7 Å². The Morgan fingerprint density at radius 2 is 2.30 bits per heavy atom. The molecule has 3 rings (SSSR count). The average molecular weight is 359 g/mol. The standard InChI is InChI=1S/C23H25N3O/c1-4-18-10-9-17(3)19(13-18)15-25-23(5-2)26-20-7-6-8-21(14-20)27-22-11-12-24-16-22/h1,6-10,13-15,22,24H,3,5,11-12,16H2,2H3,(H,25,26)/b19-15-/t22-/m1/s1. The van der Waals surface area contributed by atoms with Gasteiger partial charge in [-0.3, -0.25) is 0 Å². The van der Waals surface area contributed by atoms with Gasteiger partial charge in [0, 0.05) is 41.7 Å². The maximum atomic E-state index is 6.02. The van der Waals surface area contributed by atoms with Crippen LogP contribution in [0.4, 0.5) is 5.69 Å². The smallest absolute Gasteiger partial charge is 0.121 e. The lowest BCUT2D eigenvalue weighted by Crippen LogP contribution is -2.23. The van der Waals surface area contributed by atoms with Crippen molar-refractivity contribution in [1.82, 2.24) is 5.32 Å². The van der Waals surface area contributed by atoms with Crippen LogP contribution < -0.4 is 25.8 Å². The van der Waals surface area contributed by atoms with Crippen LogP contribution in [-0.2, 0) is 0 Å². The Morgan fingerprint density at radius 3 is 3.04 bits per heavy atom. The number of ether oxygens (including phenoxy) is 1. The van der Waals surface area contributed by atoms with E-state index in [1.807, 2.05) is 42.5 Å². The SMILES string of the molecule is C#Cc1ccc(=C)/c(=C\N=C(/CC)Nc2cccc(O[C@@H]3CCNC3)c2)c1. The second kappa shape index (κ2) is 9.07. The molecule has 138 valence electrons. The Balaban J connectivity index is 1.77. The fourth-order valence-corrected chi connectivity index (χ4v) is 2.90. The van der Waals surface area contributed by atoms with Gasteiger partial charge in [-0.1, -0.05) is 31.6 Å². The van der Waals surface area contributed by atoms with Gasteiger partial charge in [0.25, 0.3) is 0 Å². The summed E-state index contributed by atoms with van der Waals surface area (Å²) in [5.41, 5.74) is 1.78. The van der Waals surface area contributed by atoms with Gasteiger partial charge >= 0.3 is 0 Å². The summed E-state index contributed by atoms with van der Waals surface area (Å²) in [7, 11) is 0. The van der Waals surface area contributed by atoms with Gasteiger partial charge < -0.3 is 15.4 Å². The zero-order valence-corrected chi connectivity index (χ0v) is 15.7. The predicted molar refractivity (Wildman–Crippen MR) is 113 cm³/mol. The Bertz CT molecular complexity index is 966. The second-order valence-electron chi connectivity index (χ2n) is 6.50. The number of nitrogens with one attached hydrogen (secondary N) is 2. The summed E-state index contributed by atoms with van der Waals surface area (Å²) in [5.74, 6) is 4.37. The van der Waals surface area contributed by atoms with Crippen molar-refractivity contribution in [2.24, 2.45) is 4.99 Å². The molecule has 4 nitrogen and oxygen atoms in total. The van der Waals surface area contributed by atoms with E-state index in [0.717, 1.165) is 59.2 Å². The summed E-state index contributed by atoms with van der Waals surface area (Å²) in [6.07, 6.45) is 9.34. The minimum Gasteiger partial charge on any atom is -0.489 e. The van der Waals surface area contributed by atoms with Gasteiger partial charge in [-0.2, -0.15) is 0 Å². The zero-order valence-electron chi connectivity index (χ0n) is 15.7. The van der Waals surface area contributed by atoms with Crippen molar-refractivity contribution >= 4 is 24.3 Å². The number of aliphatic imine (C=N–C) groups is 1. The lowest BCUT2D eigenvalue weighted by Gasteiger charge is -2.14. The molecule has 1 saturated heterocycles. The van der Waals surface area contributed by atoms with Gasteiger partial charge in [0.2, 0.25) is 0 Å². The third kappa shape index (κ3) is 5.22. The molecule has 2 N–H and O–H groups in total. The Morgan fingerprint density at radius 1 is 1.41 bits per heavy atom. The Labute approximate surface area is 160 Å². The summed E-state index contributed by atoms with van der Waals surface area (Å²) in [6.45, 7) is 8.01. The zero-order chi connectivity index (χ0) is 19.1. The van der Waals surface area contributed by atoms with Crippen molar-refractivity contribution in [1.29, 1.82) is 0 Å². The molecule has 1 aliphatic heterocycles. The molecule has 0 aliphatic carbocycles. The number of hydrogen-bond acceptors (Lipinski definition) is 3. The molecule has 0 radical (unpaired) electrons. The monoisotopic (exact) mass is 359 g/mol. The molecule has 2 aromatic rings. The number of anilines is 1. The molecule has 0 aromatic heterocycles. The van der Waals surface area contributed by atoms with Crippen molar-refractivity contribution in [3.8, 4) is 18.1 Å². The van der Waals surface area contributed by atoms with E-state index >= 15 is 0 Å². The quantitative estimate of drug-likeness (QED) is 0.490. The molecular formula is C23H25N3O. The minimum absolute atomic E-state index is 0.242. The van der Waals surface area contributed by atoms with Crippen molar-refractivity contribution in [3.63, 3.8) is 0 Å². The van der Waals surface area contributed by atoms with Crippen LogP contribution in [0.25, 0.3) is 12.8 Å². The molecule has 0 bridgehead atoms. The summed E-state index contributed by atoms with van der Waals surface area (Å²) >= 11 is 0. The summed E-state index contributed by atoms with van der Waals surface area (Å²) < 4.78 is 6.02. The van der Waals surface area contributed by atoms with Gasteiger partial charge in [0.15, 0.2) is 0 Å². The van der Waals surface area contributed by atoms with Crippen molar-refractivity contribution in [2.45, 2.75) is 25.9 Å². The highest BCUT2D eigenvalue weighted by Gasteiger charge is 2.15. The van der Waals surface area contributed by atoms with Gasteiger partial charge in [0.1, 0.15) is 17.7 Å². The van der Waals surface area contributed by atoms with E-state index in [-0.39, 0.29) is 6.10 Å². The van der Waals surface area contributed by atoms with E-state index < -0.39 is 0 Å². The fraction of sp³-hybridized carbons (Fsp3) is 0.261. The van der Waals surface area contributed by atoms with E-state index in [0.29, 0.717) is 0 Å². The molecule has 2 aromatic carbocycles. The maximum Gasteiger partial charge on any atom is 0.121 e. The van der Waals surface area contributed by atoms with Crippen LogP contribution in [0.2, 0.25) is 0 Å². The summed E-state index contributed by atoms with van der Waals surface area (Å²) in [4.78, 5) is 4.60. The number of nitrogens with zero attached hydrogens (tertiary/aromatic N) is 1. The molecule has 1 fully saturated rings. The molecule has 27 heavy (non-hydrogen) atoms. The third-order valence-corrected chi connectivity index (χ3v) is 4.45. The van der Waals surface area contributed by atoms with Crippen molar-refractivity contribution < 1.29 is 4.74 Å². The van der Waals surface area contributed by atoms with E-state index in [1.54, 1.807) is 6.20 Å². The summed E-state index contributed by atoms with van der Waals surface area (Å²) in [5, 5.41) is 8.50. The second-order valence-corrected chi connectivity index (χ2v) is 6.50. The lowest BCUT2D eigenvalue weighted by molar-refractivity contribution is 0.223. The van der Waals surface area contributed by atoms with Crippen LogP contribution in [0.1, 0.15) is 25.3 Å². The highest BCUT2D eigenvalue weighted by Crippen LogP contribution is 2.20. The van der Waals surface area contributed by atoms with Crippen LogP contribution in [0.5, 0.6) is 5.75 Å². The first-order valence-electron chi connectivity index (χ1n) is 9.25. The highest BCUT2D eigenvalue weighted by atomic mass is 16.5. The van der Waals surface area contributed by atoms with Gasteiger partial charge in [-0.25, -0.2) is 4.99 Å². The van der Waals surface area contributed by atoms with Crippen LogP contribution in [0, 0.1) is 12.3 Å². The Hall–Kier alpha value is -3.03. The number of benzene rings is 2. The van der Waals surface area contributed by atoms with Crippen molar-refractivity contribution in [3.05, 3.63) is 58.5 Å². The molecule has 4 heteroatoms. The molecule has 1 heterocycles. The van der Waals surface area contributed by atoms with Gasteiger partial charge in [-0.05, 0) is 42.4 Å². The van der Waals surface area contributed by atoms with Crippen molar-refractivity contribution in [2.75, 3.05) is 18.4 Å². The first-order valence-corrected chi connectivity index (χ1v) is 9.25. The number of hydrogen-bond donors (Lipinski definition) is 2. The van der Waals surface area contributed by atoms with Crippen LogP contribution >= 0.6 is 0 Å². The predicted octanol–water partition coefficient (Wildman–Crippen LogP) is 2.48. The molecule has 0 unspecified atom stereocenters. The number of rotatable bonds is 5. The first kappa shape index (κ1) is 18.8. The minimum atomic E-state index is 0.242. The molecule has 0 saturated carbocycles. The average Bonchev–Trinajstić information content (AvgIpc) is 3.19. The molecule has 1 aliphatic rings. The van der Waals surface area contributed by atoms with Crippen LogP contribution in [-0.4, -0.2) is 25.0 Å². The third-order valence-electron chi connectivity index (χ3n) is 4.45. The van der Waals surface area contributed by atoms with Crippen LogP contribution in [0.3, 0.4) is 0 Å². The fourth-order valence-electron chi connectivity index (χ4n) is 2.90. The van der Waals surface area contributed by atoms with E-state index in [2.05, 4.69) is 35.0 Å². The molecule has 1 atom stereocenters. The van der Waals surface area contributed by atoms with E-state index in [4.69, 9.17) is 11.2 Å². The first-order chi connectivity index (χ1) is 13.2. The lowest BCUT2D eigenvalue weighted by atomic mass is 10.2. The van der Waals surface area contributed by atoms with Gasteiger partial charge in [-0.15, -0.1) is 6.42 Å². The molecule has 0 amide bonds. The largest absolute Gasteiger partial charge is 0.489 e. The normalized spacial score (nSPS) is 17.6. The summed E-state index contributed by atoms with van der Waals surface area (Å²) in [6, 6.07) is 13.7. The highest BCUT2D eigenvalue weighted by molar-refractivity contribution is 5.96. The van der Waals surface area contributed by atoms with Crippen LogP contribution in [0.15, 0.2) is 47.5 Å².